The van der Waals surface area contributed by atoms with Gasteiger partial charge in [0, 0.05) is 35.4 Å². The summed E-state index contributed by atoms with van der Waals surface area (Å²) in [5.74, 6) is 0.987. The van der Waals surface area contributed by atoms with Gasteiger partial charge in [-0.2, -0.15) is 5.10 Å². The number of amides is 1. The second-order valence-electron chi connectivity index (χ2n) is 5.75. The van der Waals surface area contributed by atoms with Gasteiger partial charge < -0.3 is 5.32 Å². The Bertz CT molecular complexity index is 810. The van der Waals surface area contributed by atoms with Crippen molar-refractivity contribution in [2.24, 2.45) is 0 Å². The summed E-state index contributed by atoms with van der Waals surface area (Å²) in [7, 11) is 0. The molecule has 0 fully saturated rings. The number of thiazole rings is 1. The van der Waals surface area contributed by atoms with Gasteiger partial charge in [0.05, 0.1) is 10.7 Å². The second kappa shape index (κ2) is 7.35. The van der Waals surface area contributed by atoms with Gasteiger partial charge in [0.25, 0.3) is 5.91 Å². The maximum Gasteiger partial charge on any atom is 0.251 e. The molecule has 0 spiro atoms. The van der Waals surface area contributed by atoms with Crippen molar-refractivity contribution in [2.75, 3.05) is 6.54 Å². The molecule has 0 radical (unpaired) electrons. The van der Waals surface area contributed by atoms with E-state index in [2.05, 4.69) is 44.7 Å². The van der Waals surface area contributed by atoms with Gasteiger partial charge in [0.2, 0.25) is 0 Å². The number of rotatable bonds is 6. The molecule has 2 aromatic heterocycles. The van der Waals surface area contributed by atoms with Crippen LogP contribution in [0.3, 0.4) is 0 Å². The number of H-pyrrole nitrogens is 1. The van der Waals surface area contributed by atoms with E-state index < -0.39 is 0 Å². The first-order valence-corrected chi connectivity index (χ1v) is 8.69. The predicted molar refractivity (Wildman–Crippen MR) is 94.1 cm³/mol. The summed E-state index contributed by atoms with van der Waals surface area (Å²) < 4.78 is 0. The lowest BCUT2D eigenvalue weighted by atomic mass is 10.1. The Morgan fingerprint density at radius 1 is 1.38 bits per heavy atom. The van der Waals surface area contributed by atoms with E-state index in [4.69, 9.17) is 0 Å². The molecule has 3 aromatic rings. The molecule has 0 aliphatic rings. The molecule has 0 unspecified atom stereocenters. The highest BCUT2D eigenvalue weighted by molar-refractivity contribution is 7.09. The van der Waals surface area contributed by atoms with Crippen molar-refractivity contribution in [3.05, 3.63) is 52.2 Å². The number of hydrogen-bond acceptors (Lipinski definition) is 5. The summed E-state index contributed by atoms with van der Waals surface area (Å²) in [5, 5.41) is 12.8. The number of carbonyl (C=O) groups excluding carboxylic acids is 1. The van der Waals surface area contributed by atoms with Crippen LogP contribution >= 0.6 is 11.3 Å². The Morgan fingerprint density at radius 3 is 2.96 bits per heavy atom. The first-order valence-electron chi connectivity index (χ1n) is 7.82. The monoisotopic (exact) mass is 341 g/mol. The summed E-state index contributed by atoms with van der Waals surface area (Å²) in [5.41, 5.74) is 2.46. The van der Waals surface area contributed by atoms with Crippen LogP contribution < -0.4 is 5.32 Å². The molecule has 2 heterocycles. The SMILES string of the molecule is CC(C)c1nc(CCNC(=O)c2cccc(-c3ncn[nH]3)c2)cs1. The lowest BCUT2D eigenvalue weighted by Gasteiger charge is -2.05. The molecule has 0 atom stereocenters. The average Bonchev–Trinajstić information content (AvgIpc) is 3.27. The van der Waals surface area contributed by atoms with Gasteiger partial charge in [0.1, 0.15) is 6.33 Å². The zero-order valence-corrected chi connectivity index (χ0v) is 14.4. The highest BCUT2D eigenvalue weighted by atomic mass is 32.1. The number of benzene rings is 1. The molecule has 124 valence electrons. The van der Waals surface area contributed by atoms with E-state index in [-0.39, 0.29) is 5.91 Å². The van der Waals surface area contributed by atoms with Crippen LogP contribution in [0.25, 0.3) is 11.4 Å². The van der Waals surface area contributed by atoms with Gasteiger partial charge in [-0.25, -0.2) is 9.97 Å². The van der Waals surface area contributed by atoms with E-state index in [1.165, 1.54) is 6.33 Å². The lowest BCUT2D eigenvalue weighted by Crippen LogP contribution is -2.25. The molecule has 0 bridgehead atoms. The third-order valence-electron chi connectivity index (χ3n) is 3.54. The minimum Gasteiger partial charge on any atom is -0.352 e. The lowest BCUT2D eigenvalue weighted by molar-refractivity contribution is 0.0954. The van der Waals surface area contributed by atoms with E-state index in [1.54, 1.807) is 23.5 Å². The van der Waals surface area contributed by atoms with E-state index in [0.717, 1.165) is 22.7 Å². The van der Waals surface area contributed by atoms with E-state index in [0.29, 0.717) is 23.9 Å². The van der Waals surface area contributed by atoms with Crippen LogP contribution in [0.15, 0.2) is 36.0 Å². The van der Waals surface area contributed by atoms with E-state index >= 15 is 0 Å². The Kier molecular flexibility index (Phi) is 5.00. The van der Waals surface area contributed by atoms with Crippen molar-refractivity contribution in [1.29, 1.82) is 0 Å². The fourth-order valence-electron chi connectivity index (χ4n) is 2.26. The van der Waals surface area contributed by atoms with Crippen molar-refractivity contribution in [3.8, 4) is 11.4 Å². The number of aromatic nitrogens is 4. The molecular formula is C17H19N5OS. The number of carbonyl (C=O) groups is 1. The van der Waals surface area contributed by atoms with Crippen molar-refractivity contribution >= 4 is 17.2 Å². The van der Waals surface area contributed by atoms with Gasteiger partial charge >= 0.3 is 0 Å². The normalized spacial score (nSPS) is 11.0. The van der Waals surface area contributed by atoms with Crippen molar-refractivity contribution in [1.82, 2.24) is 25.5 Å². The van der Waals surface area contributed by atoms with E-state index in [1.807, 2.05) is 12.1 Å². The van der Waals surface area contributed by atoms with Crippen LogP contribution in [-0.4, -0.2) is 32.6 Å². The molecule has 1 aromatic carbocycles. The van der Waals surface area contributed by atoms with Crippen LogP contribution in [0.1, 0.15) is 40.8 Å². The molecule has 24 heavy (non-hydrogen) atoms. The van der Waals surface area contributed by atoms with Crippen LogP contribution in [0.2, 0.25) is 0 Å². The van der Waals surface area contributed by atoms with Gasteiger partial charge in [-0.1, -0.05) is 26.0 Å². The number of hydrogen-bond donors (Lipinski definition) is 2. The first-order chi connectivity index (χ1) is 11.6. The summed E-state index contributed by atoms with van der Waals surface area (Å²) >= 11 is 1.67. The number of nitrogens with zero attached hydrogens (tertiary/aromatic N) is 3. The van der Waals surface area contributed by atoms with Gasteiger partial charge in [0.15, 0.2) is 5.82 Å². The van der Waals surface area contributed by atoms with Gasteiger partial charge in [-0.15, -0.1) is 11.3 Å². The smallest absolute Gasteiger partial charge is 0.251 e. The third-order valence-corrected chi connectivity index (χ3v) is 4.74. The molecule has 3 rings (SSSR count). The molecule has 6 nitrogen and oxygen atoms in total. The van der Waals surface area contributed by atoms with Crippen molar-refractivity contribution in [2.45, 2.75) is 26.2 Å². The minimum absolute atomic E-state index is 0.101. The Morgan fingerprint density at radius 2 is 2.25 bits per heavy atom. The number of aromatic amines is 1. The second-order valence-corrected chi connectivity index (χ2v) is 6.64. The highest BCUT2D eigenvalue weighted by Crippen LogP contribution is 2.19. The van der Waals surface area contributed by atoms with Crippen LogP contribution in [-0.2, 0) is 6.42 Å². The fraction of sp³-hybridized carbons (Fsp3) is 0.294. The van der Waals surface area contributed by atoms with Gasteiger partial charge in [-0.05, 0) is 12.1 Å². The molecule has 2 N–H and O–H groups in total. The summed E-state index contributed by atoms with van der Waals surface area (Å²) in [6, 6.07) is 7.31. The van der Waals surface area contributed by atoms with E-state index in [9.17, 15) is 4.79 Å². The summed E-state index contributed by atoms with van der Waals surface area (Å²) in [4.78, 5) is 21.0. The molecular weight excluding hydrogens is 322 g/mol. The predicted octanol–water partition coefficient (Wildman–Crippen LogP) is 3.02. The van der Waals surface area contributed by atoms with Crippen molar-refractivity contribution < 1.29 is 4.79 Å². The maximum atomic E-state index is 12.3. The third kappa shape index (κ3) is 3.86. The van der Waals surface area contributed by atoms with Crippen LogP contribution in [0.4, 0.5) is 0 Å². The van der Waals surface area contributed by atoms with Crippen molar-refractivity contribution in [3.63, 3.8) is 0 Å². The molecule has 0 saturated carbocycles. The average molecular weight is 341 g/mol. The molecule has 0 saturated heterocycles. The molecule has 7 heteroatoms. The largest absolute Gasteiger partial charge is 0.352 e. The quantitative estimate of drug-likeness (QED) is 0.722. The summed E-state index contributed by atoms with van der Waals surface area (Å²) in [6.07, 6.45) is 2.18. The molecule has 0 aliphatic heterocycles. The zero-order chi connectivity index (χ0) is 16.9. The Hall–Kier alpha value is -2.54. The Balaban J connectivity index is 1.58. The maximum absolute atomic E-state index is 12.3. The van der Waals surface area contributed by atoms with Gasteiger partial charge in [-0.3, -0.25) is 9.89 Å². The zero-order valence-electron chi connectivity index (χ0n) is 13.6. The van der Waals surface area contributed by atoms with Crippen LogP contribution in [0.5, 0.6) is 0 Å². The highest BCUT2D eigenvalue weighted by Gasteiger charge is 2.09. The summed E-state index contributed by atoms with van der Waals surface area (Å²) in [6.45, 7) is 4.82. The number of nitrogens with one attached hydrogen (secondary N) is 2. The fourth-order valence-corrected chi connectivity index (χ4v) is 3.13. The van der Waals surface area contributed by atoms with Crippen LogP contribution in [0, 0.1) is 0 Å². The minimum atomic E-state index is -0.101. The molecule has 1 amide bonds. The standard InChI is InChI=1S/C17H19N5OS/c1-11(2)17-21-14(9-24-17)6-7-18-16(23)13-5-3-4-12(8-13)15-19-10-20-22-15/h3-5,8-11H,6-7H2,1-2H3,(H,18,23)(H,19,20,22). The molecule has 0 aliphatic carbocycles. The topological polar surface area (TPSA) is 83.6 Å². The Labute approximate surface area is 144 Å². The first kappa shape index (κ1) is 16.3.